The second-order valence-corrected chi connectivity index (χ2v) is 6.60. The van der Waals surface area contributed by atoms with Crippen LogP contribution in [0.15, 0.2) is 47.2 Å². The molecule has 0 unspecified atom stereocenters. The van der Waals surface area contributed by atoms with Gasteiger partial charge in [0.05, 0.1) is 0 Å². The molecule has 1 aliphatic rings. The van der Waals surface area contributed by atoms with Gasteiger partial charge in [-0.2, -0.15) is 11.3 Å². The van der Waals surface area contributed by atoms with E-state index in [1.807, 2.05) is 0 Å². The van der Waals surface area contributed by atoms with Crippen molar-refractivity contribution in [2.45, 2.75) is 31.8 Å². The van der Waals surface area contributed by atoms with Gasteiger partial charge in [0.1, 0.15) is 0 Å². The summed E-state index contributed by atoms with van der Waals surface area (Å²) in [7, 11) is 0. The van der Waals surface area contributed by atoms with Crippen LogP contribution in [-0.2, 0) is 13.0 Å². The SMILES string of the molecule is c1ccc(CCN(Cc2ccsc2)C2CCNCC2)cc1. The first-order valence-corrected chi connectivity index (χ1v) is 8.86. The van der Waals surface area contributed by atoms with Crippen molar-refractivity contribution in [3.63, 3.8) is 0 Å². The molecule has 1 saturated heterocycles. The summed E-state index contributed by atoms with van der Waals surface area (Å²) in [5.41, 5.74) is 2.91. The number of nitrogens with one attached hydrogen (secondary N) is 1. The van der Waals surface area contributed by atoms with E-state index in [2.05, 4.69) is 57.4 Å². The quantitative estimate of drug-likeness (QED) is 0.878. The van der Waals surface area contributed by atoms with Crippen LogP contribution >= 0.6 is 11.3 Å². The number of hydrogen-bond donors (Lipinski definition) is 1. The number of thiophene rings is 1. The molecule has 1 aliphatic heterocycles. The van der Waals surface area contributed by atoms with E-state index in [4.69, 9.17) is 0 Å². The molecule has 0 atom stereocenters. The van der Waals surface area contributed by atoms with Crippen LogP contribution in [0.3, 0.4) is 0 Å². The van der Waals surface area contributed by atoms with Crippen molar-refractivity contribution in [1.29, 1.82) is 0 Å². The van der Waals surface area contributed by atoms with Gasteiger partial charge in [0, 0.05) is 19.1 Å². The Morgan fingerprint density at radius 2 is 1.86 bits per heavy atom. The average molecular weight is 300 g/mol. The molecule has 3 heteroatoms. The zero-order chi connectivity index (χ0) is 14.3. The Hall–Kier alpha value is -1.16. The third-order valence-corrected chi connectivity index (χ3v) is 5.05. The van der Waals surface area contributed by atoms with Crippen LogP contribution in [-0.4, -0.2) is 30.6 Å². The number of benzene rings is 1. The third kappa shape index (κ3) is 4.40. The van der Waals surface area contributed by atoms with Crippen molar-refractivity contribution < 1.29 is 0 Å². The van der Waals surface area contributed by atoms with E-state index in [-0.39, 0.29) is 0 Å². The first-order chi connectivity index (χ1) is 10.4. The Kier molecular flexibility index (Phi) is 5.44. The maximum Gasteiger partial charge on any atom is 0.0245 e. The number of hydrogen-bond acceptors (Lipinski definition) is 3. The van der Waals surface area contributed by atoms with Crippen molar-refractivity contribution in [2.24, 2.45) is 0 Å². The van der Waals surface area contributed by atoms with E-state index in [0.717, 1.165) is 38.6 Å². The summed E-state index contributed by atoms with van der Waals surface area (Å²) in [5, 5.41) is 7.95. The minimum absolute atomic E-state index is 0.731. The molecule has 0 spiro atoms. The molecule has 2 heterocycles. The molecule has 1 N–H and O–H groups in total. The summed E-state index contributed by atoms with van der Waals surface area (Å²) in [4.78, 5) is 2.69. The van der Waals surface area contributed by atoms with Gasteiger partial charge in [0.2, 0.25) is 0 Å². The minimum atomic E-state index is 0.731. The molecule has 0 radical (unpaired) electrons. The van der Waals surface area contributed by atoms with Gasteiger partial charge in [-0.05, 0) is 60.3 Å². The van der Waals surface area contributed by atoms with Crippen molar-refractivity contribution in [1.82, 2.24) is 10.2 Å². The van der Waals surface area contributed by atoms with E-state index in [1.54, 1.807) is 11.3 Å². The summed E-state index contributed by atoms with van der Waals surface area (Å²) in [6.07, 6.45) is 3.70. The second kappa shape index (κ2) is 7.74. The van der Waals surface area contributed by atoms with Crippen molar-refractivity contribution in [3.05, 3.63) is 58.3 Å². The van der Waals surface area contributed by atoms with Crippen molar-refractivity contribution >= 4 is 11.3 Å². The van der Waals surface area contributed by atoms with Gasteiger partial charge in [-0.15, -0.1) is 0 Å². The molecular formula is C18H24N2S. The smallest absolute Gasteiger partial charge is 0.0245 e. The van der Waals surface area contributed by atoms with Gasteiger partial charge in [0.15, 0.2) is 0 Å². The second-order valence-electron chi connectivity index (χ2n) is 5.82. The molecule has 0 aliphatic carbocycles. The fourth-order valence-electron chi connectivity index (χ4n) is 3.10. The molecule has 0 saturated carbocycles. The fraction of sp³-hybridized carbons (Fsp3) is 0.444. The van der Waals surface area contributed by atoms with E-state index >= 15 is 0 Å². The summed E-state index contributed by atoms with van der Waals surface area (Å²) in [5.74, 6) is 0. The first-order valence-electron chi connectivity index (χ1n) is 7.91. The van der Waals surface area contributed by atoms with Crippen molar-refractivity contribution in [2.75, 3.05) is 19.6 Å². The molecule has 2 aromatic rings. The Morgan fingerprint density at radius 3 is 2.57 bits per heavy atom. The van der Waals surface area contributed by atoms with Gasteiger partial charge in [-0.25, -0.2) is 0 Å². The molecular weight excluding hydrogens is 276 g/mol. The summed E-state index contributed by atoms with van der Waals surface area (Å²) < 4.78 is 0. The number of nitrogens with zero attached hydrogens (tertiary/aromatic N) is 1. The summed E-state index contributed by atoms with van der Waals surface area (Å²) >= 11 is 1.80. The van der Waals surface area contributed by atoms with E-state index in [0.29, 0.717) is 0 Å². The third-order valence-electron chi connectivity index (χ3n) is 4.32. The molecule has 0 amide bonds. The largest absolute Gasteiger partial charge is 0.317 e. The number of rotatable bonds is 6. The number of piperidine rings is 1. The Balaban J connectivity index is 1.63. The Morgan fingerprint density at radius 1 is 1.05 bits per heavy atom. The zero-order valence-corrected chi connectivity index (χ0v) is 13.3. The minimum Gasteiger partial charge on any atom is -0.317 e. The highest BCUT2D eigenvalue weighted by atomic mass is 32.1. The van der Waals surface area contributed by atoms with Crippen LogP contribution in [0.5, 0.6) is 0 Å². The van der Waals surface area contributed by atoms with Crippen molar-refractivity contribution in [3.8, 4) is 0 Å². The monoisotopic (exact) mass is 300 g/mol. The highest BCUT2D eigenvalue weighted by Gasteiger charge is 2.20. The highest BCUT2D eigenvalue weighted by molar-refractivity contribution is 7.07. The average Bonchev–Trinajstić information content (AvgIpc) is 3.06. The van der Waals surface area contributed by atoms with E-state index in [1.165, 1.54) is 24.0 Å². The predicted molar refractivity (Wildman–Crippen MR) is 90.8 cm³/mol. The maximum atomic E-state index is 3.48. The molecule has 3 rings (SSSR count). The fourth-order valence-corrected chi connectivity index (χ4v) is 3.76. The van der Waals surface area contributed by atoms with Crippen LogP contribution in [0.25, 0.3) is 0 Å². The van der Waals surface area contributed by atoms with Gasteiger partial charge >= 0.3 is 0 Å². The lowest BCUT2D eigenvalue weighted by molar-refractivity contribution is 0.156. The highest BCUT2D eigenvalue weighted by Crippen LogP contribution is 2.18. The Bertz CT molecular complexity index is 503. The maximum absolute atomic E-state index is 3.48. The van der Waals surface area contributed by atoms with Crippen LogP contribution in [0, 0.1) is 0 Å². The van der Waals surface area contributed by atoms with Crippen LogP contribution < -0.4 is 5.32 Å². The molecule has 1 fully saturated rings. The normalized spacial score (nSPS) is 16.4. The molecule has 1 aromatic heterocycles. The zero-order valence-electron chi connectivity index (χ0n) is 12.5. The van der Waals surface area contributed by atoms with E-state index in [9.17, 15) is 0 Å². The molecule has 2 nitrogen and oxygen atoms in total. The van der Waals surface area contributed by atoms with Crippen LogP contribution in [0.2, 0.25) is 0 Å². The van der Waals surface area contributed by atoms with Crippen LogP contribution in [0.1, 0.15) is 24.0 Å². The molecule has 112 valence electrons. The lowest BCUT2D eigenvalue weighted by Gasteiger charge is -2.34. The van der Waals surface area contributed by atoms with Gasteiger partial charge < -0.3 is 5.32 Å². The molecule has 21 heavy (non-hydrogen) atoms. The topological polar surface area (TPSA) is 15.3 Å². The summed E-state index contributed by atoms with van der Waals surface area (Å²) in [6, 6.07) is 13.9. The predicted octanol–water partition coefficient (Wildman–Crippen LogP) is 3.54. The van der Waals surface area contributed by atoms with Gasteiger partial charge in [0.25, 0.3) is 0 Å². The van der Waals surface area contributed by atoms with Gasteiger partial charge in [-0.3, -0.25) is 4.90 Å². The molecule has 1 aromatic carbocycles. The van der Waals surface area contributed by atoms with Gasteiger partial charge in [-0.1, -0.05) is 30.3 Å². The summed E-state index contributed by atoms with van der Waals surface area (Å²) in [6.45, 7) is 4.58. The first kappa shape index (κ1) is 14.8. The Labute approximate surface area is 131 Å². The van der Waals surface area contributed by atoms with E-state index < -0.39 is 0 Å². The lowest BCUT2D eigenvalue weighted by Crippen LogP contribution is -2.43. The molecule has 0 bridgehead atoms. The lowest BCUT2D eigenvalue weighted by atomic mass is 10.0. The standard InChI is InChI=1S/C18H24N2S/c1-2-4-16(5-3-1)8-12-20(14-17-9-13-21-15-17)18-6-10-19-11-7-18/h1-5,9,13,15,18-19H,6-8,10-12,14H2. The van der Waals surface area contributed by atoms with Crippen LogP contribution in [0.4, 0.5) is 0 Å².